The van der Waals surface area contributed by atoms with Gasteiger partial charge in [0.05, 0.1) is 6.54 Å². The van der Waals surface area contributed by atoms with Gasteiger partial charge in [0.2, 0.25) is 5.91 Å². The lowest BCUT2D eigenvalue weighted by molar-refractivity contribution is -0.116. The number of rotatable bonds is 3. The number of nitrogens with one attached hydrogen (secondary N) is 1. The third-order valence-electron chi connectivity index (χ3n) is 1.87. The number of amides is 1. The molecule has 1 aromatic carbocycles. The first-order valence-corrected chi connectivity index (χ1v) is 4.68. The van der Waals surface area contributed by atoms with Crippen LogP contribution >= 0.6 is 0 Å². The van der Waals surface area contributed by atoms with Gasteiger partial charge in [-0.1, -0.05) is 35.7 Å². The molecule has 1 amide bonds. The minimum atomic E-state index is -0.173. The molecule has 2 heteroatoms. The van der Waals surface area contributed by atoms with E-state index in [0.717, 1.165) is 5.56 Å². The molecule has 2 nitrogen and oxygen atoms in total. The quantitative estimate of drug-likeness (QED) is 0.583. The summed E-state index contributed by atoms with van der Waals surface area (Å²) in [5.74, 6) is 2.17. The highest BCUT2D eigenvalue weighted by Crippen LogP contribution is 2.04. The SMILES string of the molecule is C#CCNC(=O)C=Cc1ccc(C)cc1. The van der Waals surface area contributed by atoms with Crippen LogP contribution in [-0.4, -0.2) is 12.5 Å². The standard InChI is InChI=1S/C13H13NO/c1-3-10-14-13(15)9-8-12-6-4-11(2)5-7-12/h1,4-9H,10H2,2H3,(H,14,15). The molecule has 1 rings (SSSR count). The maximum atomic E-state index is 11.1. The molecular formula is C13H13NO. The van der Waals surface area contributed by atoms with Crippen molar-refractivity contribution in [1.82, 2.24) is 5.32 Å². The molecule has 15 heavy (non-hydrogen) atoms. The number of carbonyl (C=O) groups excluding carboxylic acids is 1. The molecule has 0 aromatic heterocycles. The van der Waals surface area contributed by atoms with Crippen molar-refractivity contribution in [2.75, 3.05) is 6.54 Å². The summed E-state index contributed by atoms with van der Waals surface area (Å²) in [5, 5.41) is 2.55. The van der Waals surface area contributed by atoms with Crippen molar-refractivity contribution in [2.45, 2.75) is 6.92 Å². The molecule has 0 atom stereocenters. The first kappa shape index (κ1) is 11.1. The van der Waals surface area contributed by atoms with Gasteiger partial charge in [-0.05, 0) is 18.6 Å². The Morgan fingerprint density at radius 1 is 1.47 bits per heavy atom. The predicted octanol–water partition coefficient (Wildman–Crippen LogP) is 1.76. The Hall–Kier alpha value is -2.01. The van der Waals surface area contributed by atoms with E-state index in [1.165, 1.54) is 11.6 Å². The topological polar surface area (TPSA) is 29.1 Å². The van der Waals surface area contributed by atoms with Crippen LogP contribution in [0.15, 0.2) is 30.3 Å². The fourth-order valence-corrected chi connectivity index (χ4v) is 1.05. The van der Waals surface area contributed by atoms with Gasteiger partial charge in [-0.3, -0.25) is 4.79 Å². The molecule has 1 N–H and O–H groups in total. The fraction of sp³-hybridized carbons (Fsp3) is 0.154. The molecule has 0 saturated carbocycles. The molecule has 0 aliphatic heterocycles. The maximum Gasteiger partial charge on any atom is 0.244 e. The van der Waals surface area contributed by atoms with Gasteiger partial charge in [-0.25, -0.2) is 0 Å². The van der Waals surface area contributed by atoms with Crippen LogP contribution in [0.2, 0.25) is 0 Å². The summed E-state index contributed by atoms with van der Waals surface area (Å²) in [4.78, 5) is 11.1. The van der Waals surface area contributed by atoms with Crippen molar-refractivity contribution in [2.24, 2.45) is 0 Å². The van der Waals surface area contributed by atoms with E-state index in [1.54, 1.807) is 6.08 Å². The van der Waals surface area contributed by atoms with E-state index >= 15 is 0 Å². The Bertz CT molecular complexity index is 396. The Morgan fingerprint density at radius 3 is 2.73 bits per heavy atom. The van der Waals surface area contributed by atoms with Crippen molar-refractivity contribution in [1.29, 1.82) is 0 Å². The number of carbonyl (C=O) groups is 1. The predicted molar refractivity (Wildman–Crippen MR) is 62.1 cm³/mol. The smallest absolute Gasteiger partial charge is 0.244 e. The molecule has 1 aromatic rings. The minimum absolute atomic E-state index is 0.173. The summed E-state index contributed by atoms with van der Waals surface area (Å²) >= 11 is 0. The lowest BCUT2D eigenvalue weighted by atomic mass is 10.1. The fourth-order valence-electron chi connectivity index (χ4n) is 1.05. The monoisotopic (exact) mass is 199 g/mol. The average molecular weight is 199 g/mol. The first-order valence-electron chi connectivity index (χ1n) is 4.68. The summed E-state index contributed by atoms with van der Waals surface area (Å²) in [5.41, 5.74) is 2.19. The summed E-state index contributed by atoms with van der Waals surface area (Å²) in [6, 6.07) is 7.92. The lowest BCUT2D eigenvalue weighted by Crippen LogP contribution is -2.20. The summed E-state index contributed by atoms with van der Waals surface area (Å²) in [6.07, 6.45) is 8.24. The van der Waals surface area contributed by atoms with Crippen LogP contribution in [0, 0.1) is 19.3 Å². The van der Waals surface area contributed by atoms with E-state index in [9.17, 15) is 4.79 Å². The second-order valence-corrected chi connectivity index (χ2v) is 3.17. The molecule has 0 unspecified atom stereocenters. The van der Waals surface area contributed by atoms with Crippen molar-refractivity contribution >= 4 is 12.0 Å². The highest BCUT2D eigenvalue weighted by Gasteiger charge is 1.92. The van der Waals surface area contributed by atoms with Gasteiger partial charge in [-0.15, -0.1) is 6.42 Å². The van der Waals surface area contributed by atoms with Gasteiger partial charge in [0.15, 0.2) is 0 Å². The van der Waals surface area contributed by atoms with E-state index in [4.69, 9.17) is 6.42 Å². The zero-order valence-corrected chi connectivity index (χ0v) is 8.66. The van der Waals surface area contributed by atoms with Gasteiger partial charge < -0.3 is 5.32 Å². The summed E-state index contributed by atoms with van der Waals surface area (Å²) in [7, 11) is 0. The lowest BCUT2D eigenvalue weighted by Gasteiger charge is -1.96. The molecule has 0 saturated heterocycles. The van der Waals surface area contributed by atoms with E-state index in [2.05, 4.69) is 11.2 Å². The molecule has 0 aliphatic carbocycles. The van der Waals surface area contributed by atoms with Crippen LogP contribution in [-0.2, 0) is 4.79 Å². The summed E-state index contributed by atoms with van der Waals surface area (Å²) < 4.78 is 0. The van der Waals surface area contributed by atoms with Crippen LogP contribution in [0.5, 0.6) is 0 Å². The Morgan fingerprint density at radius 2 is 2.13 bits per heavy atom. The highest BCUT2D eigenvalue weighted by molar-refractivity contribution is 5.91. The van der Waals surface area contributed by atoms with E-state index < -0.39 is 0 Å². The van der Waals surface area contributed by atoms with E-state index in [1.807, 2.05) is 31.2 Å². The molecule has 0 radical (unpaired) electrons. The number of hydrogen-bond donors (Lipinski definition) is 1. The van der Waals surface area contributed by atoms with Gasteiger partial charge in [-0.2, -0.15) is 0 Å². The van der Waals surface area contributed by atoms with Crippen LogP contribution in [0.3, 0.4) is 0 Å². The Labute approximate surface area is 90.0 Å². The second kappa shape index (κ2) is 5.66. The third kappa shape index (κ3) is 4.15. The number of aryl methyl sites for hydroxylation is 1. The molecule has 0 heterocycles. The van der Waals surface area contributed by atoms with Crippen LogP contribution in [0.25, 0.3) is 6.08 Å². The largest absolute Gasteiger partial charge is 0.342 e. The van der Waals surface area contributed by atoms with Gasteiger partial charge in [0, 0.05) is 6.08 Å². The van der Waals surface area contributed by atoms with E-state index in [-0.39, 0.29) is 12.5 Å². The maximum absolute atomic E-state index is 11.1. The molecule has 0 spiro atoms. The van der Waals surface area contributed by atoms with Crippen molar-refractivity contribution in [3.8, 4) is 12.3 Å². The molecule has 76 valence electrons. The average Bonchev–Trinajstić information content (AvgIpc) is 2.25. The Balaban J connectivity index is 2.54. The van der Waals surface area contributed by atoms with Gasteiger partial charge in [0.1, 0.15) is 0 Å². The molecular weight excluding hydrogens is 186 g/mol. The third-order valence-corrected chi connectivity index (χ3v) is 1.87. The van der Waals surface area contributed by atoms with Crippen molar-refractivity contribution in [3.63, 3.8) is 0 Å². The highest BCUT2D eigenvalue weighted by atomic mass is 16.1. The second-order valence-electron chi connectivity index (χ2n) is 3.17. The Kier molecular flexibility index (Phi) is 4.18. The van der Waals surface area contributed by atoms with Gasteiger partial charge >= 0.3 is 0 Å². The zero-order chi connectivity index (χ0) is 11.1. The van der Waals surface area contributed by atoms with E-state index in [0.29, 0.717) is 0 Å². The normalized spacial score (nSPS) is 9.87. The number of hydrogen-bond acceptors (Lipinski definition) is 1. The summed E-state index contributed by atoms with van der Waals surface area (Å²) in [6.45, 7) is 2.28. The zero-order valence-electron chi connectivity index (χ0n) is 8.66. The minimum Gasteiger partial charge on any atom is -0.342 e. The van der Waals surface area contributed by atoms with Crippen LogP contribution in [0.1, 0.15) is 11.1 Å². The van der Waals surface area contributed by atoms with Crippen LogP contribution < -0.4 is 5.32 Å². The van der Waals surface area contributed by atoms with Crippen molar-refractivity contribution < 1.29 is 4.79 Å². The van der Waals surface area contributed by atoms with Crippen LogP contribution in [0.4, 0.5) is 0 Å². The molecule has 0 bridgehead atoms. The van der Waals surface area contributed by atoms with Gasteiger partial charge in [0.25, 0.3) is 0 Å². The van der Waals surface area contributed by atoms with Crippen molar-refractivity contribution in [3.05, 3.63) is 41.5 Å². The number of terminal acetylenes is 1. The molecule has 0 aliphatic rings. The first-order chi connectivity index (χ1) is 7.22. The molecule has 0 fully saturated rings. The number of benzene rings is 1.